The molecule has 18 heavy (non-hydrogen) atoms. The lowest BCUT2D eigenvalue weighted by molar-refractivity contribution is -0.0447. The van der Waals surface area contributed by atoms with Crippen molar-refractivity contribution in [3.8, 4) is 0 Å². The third-order valence-electron chi connectivity index (χ3n) is 3.45. The zero-order valence-corrected chi connectivity index (χ0v) is 11.2. The topological polar surface area (TPSA) is 60.5 Å². The highest BCUT2D eigenvalue weighted by atomic mass is 16.5. The van der Waals surface area contributed by atoms with Gasteiger partial charge < -0.3 is 19.9 Å². The first-order valence-corrected chi connectivity index (χ1v) is 6.37. The number of rotatable bonds is 2. The van der Waals surface area contributed by atoms with Crippen LogP contribution in [0.2, 0.25) is 0 Å². The third kappa shape index (κ3) is 2.36. The van der Waals surface area contributed by atoms with Crippen molar-refractivity contribution in [1.82, 2.24) is 9.47 Å². The van der Waals surface area contributed by atoms with Gasteiger partial charge in [-0.2, -0.15) is 0 Å². The van der Waals surface area contributed by atoms with Crippen LogP contribution in [0.15, 0.2) is 12.3 Å². The number of amides is 1. The summed E-state index contributed by atoms with van der Waals surface area (Å²) in [6.45, 7) is 5.32. The Hall–Kier alpha value is -1.49. The number of anilines is 1. The number of hydrogen-bond donors (Lipinski definition) is 1. The second-order valence-electron chi connectivity index (χ2n) is 4.93. The molecule has 1 fully saturated rings. The van der Waals surface area contributed by atoms with E-state index >= 15 is 0 Å². The molecule has 1 aliphatic heterocycles. The Labute approximate surface area is 108 Å². The van der Waals surface area contributed by atoms with Crippen LogP contribution in [0.25, 0.3) is 0 Å². The molecule has 1 amide bonds. The number of aryl methyl sites for hydroxylation is 1. The minimum atomic E-state index is 0.0381. The van der Waals surface area contributed by atoms with Gasteiger partial charge in [-0.25, -0.2) is 0 Å². The first-order chi connectivity index (χ1) is 8.52. The zero-order chi connectivity index (χ0) is 13.3. The molecule has 0 aliphatic carbocycles. The van der Waals surface area contributed by atoms with Crippen LogP contribution >= 0.6 is 0 Å². The van der Waals surface area contributed by atoms with E-state index < -0.39 is 0 Å². The molecule has 2 rings (SSSR count). The monoisotopic (exact) mass is 251 g/mol. The van der Waals surface area contributed by atoms with Crippen molar-refractivity contribution in [2.24, 2.45) is 7.05 Å². The van der Waals surface area contributed by atoms with Gasteiger partial charge in [0.15, 0.2) is 0 Å². The van der Waals surface area contributed by atoms with E-state index in [1.807, 2.05) is 18.9 Å². The summed E-state index contributed by atoms with van der Waals surface area (Å²) in [5.74, 6) is 0.0381. The summed E-state index contributed by atoms with van der Waals surface area (Å²) in [4.78, 5) is 14.4. The van der Waals surface area contributed by atoms with Gasteiger partial charge in [-0.3, -0.25) is 4.79 Å². The molecule has 5 nitrogen and oxygen atoms in total. The quantitative estimate of drug-likeness (QED) is 0.860. The predicted octanol–water partition coefficient (Wildman–Crippen LogP) is 1.25. The Morgan fingerprint density at radius 2 is 2.33 bits per heavy atom. The molecule has 5 heteroatoms. The van der Waals surface area contributed by atoms with Crippen LogP contribution in [0.4, 0.5) is 5.69 Å². The largest absolute Gasteiger partial charge is 0.397 e. The van der Waals surface area contributed by atoms with Gasteiger partial charge in [-0.1, -0.05) is 6.92 Å². The van der Waals surface area contributed by atoms with Gasteiger partial charge in [-0.15, -0.1) is 0 Å². The Kier molecular flexibility index (Phi) is 3.61. The molecule has 1 aliphatic rings. The molecular formula is C13H21N3O2. The number of nitrogens with two attached hydrogens (primary N) is 1. The van der Waals surface area contributed by atoms with Crippen molar-refractivity contribution in [2.75, 3.05) is 18.9 Å². The maximum Gasteiger partial charge on any atom is 0.270 e. The molecule has 0 spiro atoms. The van der Waals surface area contributed by atoms with Gasteiger partial charge in [0.05, 0.1) is 24.4 Å². The fourth-order valence-corrected chi connectivity index (χ4v) is 2.38. The summed E-state index contributed by atoms with van der Waals surface area (Å²) in [7, 11) is 1.84. The number of aromatic nitrogens is 1. The smallest absolute Gasteiger partial charge is 0.270 e. The lowest BCUT2D eigenvalue weighted by Crippen LogP contribution is -2.51. The van der Waals surface area contributed by atoms with E-state index in [1.165, 1.54) is 0 Å². The van der Waals surface area contributed by atoms with Gasteiger partial charge in [0, 0.05) is 19.8 Å². The minimum absolute atomic E-state index is 0.0381. The van der Waals surface area contributed by atoms with Crippen molar-refractivity contribution < 1.29 is 9.53 Å². The highest BCUT2D eigenvalue weighted by molar-refractivity contribution is 5.94. The van der Waals surface area contributed by atoms with Gasteiger partial charge in [0.25, 0.3) is 5.91 Å². The second kappa shape index (κ2) is 5.02. The van der Waals surface area contributed by atoms with Crippen LogP contribution in [0.1, 0.15) is 30.8 Å². The number of morpholine rings is 1. The second-order valence-corrected chi connectivity index (χ2v) is 4.93. The van der Waals surface area contributed by atoms with E-state index in [9.17, 15) is 4.79 Å². The Morgan fingerprint density at radius 3 is 2.89 bits per heavy atom. The molecule has 2 heterocycles. The Balaban J connectivity index is 2.23. The van der Waals surface area contributed by atoms with Crippen molar-refractivity contribution in [3.63, 3.8) is 0 Å². The number of nitrogens with zero attached hydrogens (tertiary/aromatic N) is 2. The van der Waals surface area contributed by atoms with Crippen LogP contribution < -0.4 is 5.73 Å². The fourth-order valence-electron chi connectivity index (χ4n) is 2.38. The summed E-state index contributed by atoms with van der Waals surface area (Å²) in [5, 5.41) is 0. The van der Waals surface area contributed by atoms with E-state index in [0.29, 0.717) is 24.5 Å². The fraction of sp³-hybridized carbons (Fsp3) is 0.615. The summed E-state index contributed by atoms with van der Waals surface area (Å²) >= 11 is 0. The molecule has 2 N–H and O–H groups in total. The number of carbonyl (C=O) groups excluding carboxylic acids is 1. The normalized spacial score (nSPS) is 24.3. The van der Waals surface area contributed by atoms with Crippen molar-refractivity contribution in [2.45, 2.75) is 32.4 Å². The van der Waals surface area contributed by atoms with Crippen molar-refractivity contribution in [3.05, 3.63) is 18.0 Å². The number of nitrogen functional groups attached to an aromatic ring is 1. The zero-order valence-electron chi connectivity index (χ0n) is 11.2. The first kappa shape index (κ1) is 13.0. The van der Waals surface area contributed by atoms with Gasteiger partial charge in [-0.05, 0) is 19.4 Å². The van der Waals surface area contributed by atoms with E-state index in [0.717, 1.165) is 6.42 Å². The minimum Gasteiger partial charge on any atom is -0.397 e. The Morgan fingerprint density at radius 1 is 1.61 bits per heavy atom. The molecule has 0 radical (unpaired) electrons. The van der Waals surface area contributed by atoms with Gasteiger partial charge in [0.1, 0.15) is 5.69 Å². The predicted molar refractivity (Wildman–Crippen MR) is 70.4 cm³/mol. The third-order valence-corrected chi connectivity index (χ3v) is 3.45. The summed E-state index contributed by atoms with van der Waals surface area (Å²) in [6, 6.07) is 1.89. The number of ether oxygens (including phenoxy) is 1. The molecule has 2 unspecified atom stereocenters. The van der Waals surface area contributed by atoms with Crippen LogP contribution in [0.5, 0.6) is 0 Å². The highest BCUT2D eigenvalue weighted by Gasteiger charge is 2.31. The number of carbonyl (C=O) groups is 1. The average molecular weight is 251 g/mol. The standard InChI is InChI=1S/C13H21N3O2/c1-4-11-8-18-9(2)6-16(11)13(17)12-5-10(14)7-15(12)3/h5,7,9,11H,4,6,8,14H2,1-3H3. The maximum atomic E-state index is 12.5. The van der Waals surface area contributed by atoms with E-state index in [2.05, 4.69) is 6.92 Å². The maximum absolute atomic E-state index is 12.5. The van der Waals surface area contributed by atoms with Crippen LogP contribution in [0, 0.1) is 0 Å². The van der Waals surface area contributed by atoms with Crippen LogP contribution in [-0.2, 0) is 11.8 Å². The Bertz CT molecular complexity index is 441. The summed E-state index contributed by atoms with van der Waals surface area (Å²) < 4.78 is 7.39. The van der Waals surface area contributed by atoms with E-state index in [-0.39, 0.29) is 18.1 Å². The first-order valence-electron chi connectivity index (χ1n) is 6.37. The van der Waals surface area contributed by atoms with E-state index in [1.54, 1.807) is 16.8 Å². The van der Waals surface area contributed by atoms with E-state index in [4.69, 9.17) is 10.5 Å². The van der Waals surface area contributed by atoms with Crippen molar-refractivity contribution >= 4 is 11.6 Å². The SMILES string of the molecule is CCC1COC(C)CN1C(=O)c1cc(N)cn1C. The molecule has 0 bridgehead atoms. The molecule has 2 atom stereocenters. The lowest BCUT2D eigenvalue weighted by atomic mass is 10.1. The summed E-state index contributed by atoms with van der Waals surface area (Å²) in [5.41, 5.74) is 6.98. The lowest BCUT2D eigenvalue weighted by Gasteiger charge is -2.38. The van der Waals surface area contributed by atoms with Gasteiger partial charge >= 0.3 is 0 Å². The van der Waals surface area contributed by atoms with Gasteiger partial charge in [0.2, 0.25) is 0 Å². The molecule has 1 aromatic rings. The van der Waals surface area contributed by atoms with Crippen LogP contribution in [-0.4, -0.2) is 40.7 Å². The molecule has 0 aromatic carbocycles. The highest BCUT2D eigenvalue weighted by Crippen LogP contribution is 2.19. The molecular weight excluding hydrogens is 230 g/mol. The van der Waals surface area contributed by atoms with Crippen molar-refractivity contribution in [1.29, 1.82) is 0 Å². The number of hydrogen-bond acceptors (Lipinski definition) is 3. The van der Waals surface area contributed by atoms with Crippen LogP contribution in [0.3, 0.4) is 0 Å². The molecule has 0 saturated carbocycles. The molecule has 100 valence electrons. The molecule has 1 saturated heterocycles. The molecule has 1 aromatic heterocycles. The average Bonchev–Trinajstić information content (AvgIpc) is 2.67. The summed E-state index contributed by atoms with van der Waals surface area (Å²) in [6.07, 6.45) is 2.76.